The van der Waals surface area contributed by atoms with Crippen LogP contribution in [0, 0.1) is 13.8 Å². The van der Waals surface area contributed by atoms with Crippen molar-refractivity contribution in [2.24, 2.45) is 16.8 Å². The van der Waals surface area contributed by atoms with Crippen molar-refractivity contribution in [1.82, 2.24) is 10.3 Å². The van der Waals surface area contributed by atoms with Crippen LogP contribution in [0.1, 0.15) is 35.1 Å². The molecule has 6 N–H and O–H groups in total. The van der Waals surface area contributed by atoms with Crippen LogP contribution in [-0.2, 0) is 14.4 Å². The average Bonchev–Trinajstić information content (AvgIpc) is 2.82. The molecular weight excluding hydrogens is 452 g/mol. The smallest absolute Gasteiger partial charge is 0.260 e. The number of carbonyl (C=O) groups is 3. The van der Waals surface area contributed by atoms with E-state index >= 15 is 0 Å². The van der Waals surface area contributed by atoms with E-state index in [1.165, 1.54) is 4.90 Å². The van der Waals surface area contributed by atoms with Gasteiger partial charge in [-0.25, -0.2) is 5.84 Å². The zero-order chi connectivity index (χ0) is 25.1. The number of nitrogens with one attached hydrogen (secondary N) is 2. The third-order valence-electron chi connectivity index (χ3n) is 5.17. The van der Waals surface area contributed by atoms with E-state index in [4.69, 9.17) is 11.7 Å². The van der Waals surface area contributed by atoms with E-state index in [1.54, 1.807) is 37.4 Å². The Kier molecular flexibility index (Phi) is 10.3. The molecule has 0 saturated carbocycles. The number of amides is 2. The van der Waals surface area contributed by atoms with Crippen molar-refractivity contribution < 1.29 is 14.4 Å². The topological polar surface area (TPSA) is 143 Å². The maximum atomic E-state index is 12.8. The van der Waals surface area contributed by atoms with E-state index in [2.05, 4.69) is 15.8 Å². The van der Waals surface area contributed by atoms with Crippen LogP contribution in [0.5, 0.6) is 0 Å². The zero-order valence-electron chi connectivity index (χ0n) is 19.5. The van der Waals surface area contributed by atoms with E-state index in [0.29, 0.717) is 40.6 Å². The number of rotatable bonds is 10. The molecule has 9 nitrogen and oxygen atoms in total. The van der Waals surface area contributed by atoms with Crippen molar-refractivity contribution in [3.8, 4) is 0 Å². The first-order valence-electron chi connectivity index (χ1n) is 10.6. The average molecular weight is 483 g/mol. The number of hydrogen-bond donors (Lipinski definition) is 4. The highest BCUT2D eigenvalue weighted by molar-refractivity contribution is 8.16. The van der Waals surface area contributed by atoms with E-state index in [1.807, 2.05) is 32.0 Å². The second kappa shape index (κ2) is 13.2. The Morgan fingerprint density at radius 3 is 2.41 bits per heavy atom. The summed E-state index contributed by atoms with van der Waals surface area (Å²) in [4.78, 5) is 38.1. The van der Waals surface area contributed by atoms with Gasteiger partial charge in [-0.1, -0.05) is 18.2 Å². The summed E-state index contributed by atoms with van der Waals surface area (Å²) in [5.74, 6) is 10.5. The van der Waals surface area contributed by atoms with Crippen LogP contribution in [0.2, 0.25) is 0 Å². The van der Waals surface area contributed by atoms with E-state index in [0.717, 1.165) is 28.5 Å². The lowest BCUT2D eigenvalue weighted by molar-refractivity contribution is -0.125. The van der Waals surface area contributed by atoms with Gasteiger partial charge in [0.15, 0.2) is 11.5 Å². The Bertz CT molecular complexity index is 1080. The number of nitrogens with zero attached hydrogens (tertiary/aromatic N) is 2. The lowest BCUT2D eigenvalue weighted by atomic mass is 10.1. The summed E-state index contributed by atoms with van der Waals surface area (Å²) in [5, 5.41) is 6.33. The molecular formula is C24H30N6O3S. The minimum Gasteiger partial charge on any atom is -0.341 e. The fourth-order valence-corrected chi connectivity index (χ4v) is 3.66. The van der Waals surface area contributed by atoms with Crippen molar-refractivity contribution >= 4 is 46.8 Å². The quantitative estimate of drug-likeness (QED) is 0.102. The van der Waals surface area contributed by atoms with Gasteiger partial charge < -0.3 is 21.5 Å². The van der Waals surface area contributed by atoms with Gasteiger partial charge in [-0.15, -0.1) is 0 Å². The van der Waals surface area contributed by atoms with Gasteiger partial charge >= 0.3 is 0 Å². The van der Waals surface area contributed by atoms with Crippen molar-refractivity contribution in [2.75, 3.05) is 18.9 Å². The summed E-state index contributed by atoms with van der Waals surface area (Å²) in [6.45, 7) is 4.38. The van der Waals surface area contributed by atoms with Gasteiger partial charge in [-0.2, -0.15) is 5.10 Å². The first-order chi connectivity index (χ1) is 16.3. The fourth-order valence-electron chi connectivity index (χ4n) is 3.10. The number of carbonyl (C=O) groups excluding carboxylic acids is 3. The molecule has 2 aromatic rings. The molecule has 0 radical (unpaired) electrons. The molecule has 0 bridgehead atoms. The molecule has 0 atom stereocenters. The van der Waals surface area contributed by atoms with Crippen LogP contribution >= 0.6 is 11.8 Å². The molecule has 0 aliphatic heterocycles. The normalized spacial score (nSPS) is 11.6. The lowest BCUT2D eigenvalue weighted by Gasteiger charge is -2.18. The lowest BCUT2D eigenvalue weighted by Crippen LogP contribution is -2.32. The number of anilines is 1. The maximum Gasteiger partial charge on any atom is 0.260 e. The number of benzene rings is 2. The first kappa shape index (κ1) is 26.6. The number of likely N-dealkylation sites (N-methyl/N-ethyl adjacent to an activating group) is 1. The number of aryl methyl sites for hydroxylation is 2. The molecule has 0 fully saturated rings. The second-order valence-electron chi connectivity index (χ2n) is 7.64. The zero-order valence-corrected chi connectivity index (χ0v) is 20.3. The molecule has 10 heteroatoms. The molecule has 0 aliphatic carbocycles. The van der Waals surface area contributed by atoms with E-state index < -0.39 is 0 Å². The van der Waals surface area contributed by atoms with Crippen LogP contribution in [-0.4, -0.2) is 41.8 Å². The Morgan fingerprint density at radius 2 is 1.82 bits per heavy atom. The largest absolute Gasteiger partial charge is 0.341 e. The van der Waals surface area contributed by atoms with Gasteiger partial charge in [0.25, 0.3) is 5.91 Å². The van der Waals surface area contributed by atoms with Crippen LogP contribution < -0.4 is 22.4 Å². The standard InChI is InChI=1S/C24H30N6O3S/c1-16-6-7-18(13-17(16)2)14-21(34-15-31)24(33)30(3)12-4-5-22(32)27-20-10-8-19(9-11-20)23(28-25)29-26/h6-11,13-15H,4-5,12,25-26H2,1-3H3,(H,27,32)(H,28,29)/b21-14-. The minimum atomic E-state index is -0.266. The van der Waals surface area contributed by atoms with Crippen LogP contribution in [0.4, 0.5) is 5.69 Å². The van der Waals surface area contributed by atoms with Crippen LogP contribution in [0.15, 0.2) is 52.5 Å². The predicted octanol–water partition coefficient (Wildman–Crippen LogP) is 2.53. The number of hydrazine groups is 1. The summed E-state index contributed by atoms with van der Waals surface area (Å²) in [7, 11) is 1.65. The monoisotopic (exact) mass is 482 g/mol. The first-order valence-corrected chi connectivity index (χ1v) is 11.5. The maximum absolute atomic E-state index is 12.8. The van der Waals surface area contributed by atoms with E-state index in [-0.39, 0.29) is 18.2 Å². The Labute approximate surface area is 203 Å². The van der Waals surface area contributed by atoms with Crippen LogP contribution in [0.3, 0.4) is 0 Å². The molecule has 180 valence electrons. The molecule has 2 rings (SSSR count). The fraction of sp³-hybridized carbons (Fsp3) is 0.250. The van der Waals surface area contributed by atoms with E-state index in [9.17, 15) is 14.4 Å². The summed E-state index contributed by atoms with van der Waals surface area (Å²) < 4.78 is 0. The van der Waals surface area contributed by atoms with Crippen LogP contribution in [0.25, 0.3) is 6.08 Å². The number of thioether (sulfide) groups is 1. The molecule has 0 heterocycles. The van der Waals surface area contributed by atoms with Gasteiger partial charge in [0.2, 0.25) is 5.91 Å². The molecule has 0 saturated heterocycles. The predicted molar refractivity (Wildman–Crippen MR) is 138 cm³/mol. The second-order valence-corrected chi connectivity index (χ2v) is 8.51. The van der Waals surface area contributed by atoms with Crippen molar-refractivity contribution in [3.05, 3.63) is 69.6 Å². The molecule has 0 aliphatic rings. The van der Waals surface area contributed by atoms with Gasteiger partial charge in [0.1, 0.15) is 0 Å². The number of hydrogen-bond acceptors (Lipinski definition) is 7. The van der Waals surface area contributed by atoms with Crippen molar-refractivity contribution in [3.63, 3.8) is 0 Å². The third-order valence-corrected chi connectivity index (χ3v) is 5.81. The summed E-state index contributed by atoms with van der Waals surface area (Å²) in [6.07, 6.45) is 2.41. The number of amidine groups is 1. The van der Waals surface area contributed by atoms with Gasteiger partial charge in [-0.05, 0) is 79.1 Å². The third kappa shape index (κ3) is 7.75. The van der Waals surface area contributed by atoms with Gasteiger partial charge in [0, 0.05) is 31.3 Å². The highest BCUT2D eigenvalue weighted by Crippen LogP contribution is 2.21. The van der Waals surface area contributed by atoms with Gasteiger partial charge in [-0.3, -0.25) is 14.4 Å². The van der Waals surface area contributed by atoms with Gasteiger partial charge in [0.05, 0.1) is 4.91 Å². The molecule has 0 aromatic heterocycles. The molecule has 0 spiro atoms. The highest BCUT2D eigenvalue weighted by atomic mass is 32.2. The molecule has 34 heavy (non-hydrogen) atoms. The number of nitrogens with two attached hydrogens (primary N) is 2. The summed E-state index contributed by atoms with van der Waals surface area (Å²) in [5.41, 5.74) is 7.45. The Morgan fingerprint density at radius 1 is 1.12 bits per heavy atom. The number of hydrazone groups is 1. The Balaban J connectivity index is 1.90. The molecule has 2 amide bonds. The highest BCUT2D eigenvalue weighted by Gasteiger charge is 2.16. The summed E-state index contributed by atoms with van der Waals surface area (Å²) in [6, 6.07) is 12.7. The van der Waals surface area contributed by atoms with Crippen molar-refractivity contribution in [1.29, 1.82) is 0 Å². The van der Waals surface area contributed by atoms with Crippen molar-refractivity contribution in [2.45, 2.75) is 26.7 Å². The minimum absolute atomic E-state index is 0.175. The molecule has 2 aromatic carbocycles. The SMILES string of the molecule is Cc1ccc(/C=C(\SC=O)C(=O)N(C)CCCC(=O)Nc2ccc(/C(=N/N)NN)cc2)cc1C. The Hall–Kier alpha value is -3.63. The summed E-state index contributed by atoms with van der Waals surface area (Å²) >= 11 is 0.847. The molecule has 0 unspecified atom stereocenters.